The van der Waals surface area contributed by atoms with E-state index in [4.69, 9.17) is 5.11 Å². The summed E-state index contributed by atoms with van der Waals surface area (Å²) in [5, 5.41) is 11.8. The third-order valence-corrected chi connectivity index (χ3v) is 2.60. The van der Waals surface area contributed by atoms with E-state index in [0.717, 1.165) is 6.54 Å². The number of nitrogens with zero attached hydrogens (tertiary/aromatic N) is 2. The number of nitrogens with one attached hydrogen (secondary N) is 1. The van der Waals surface area contributed by atoms with Gasteiger partial charge < -0.3 is 21.6 Å². The van der Waals surface area contributed by atoms with Gasteiger partial charge in [0.25, 0.3) is 0 Å². The first kappa shape index (κ1) is 20.6. The largest absolute Gasteiger partial charge is 1.00 e. The molecule has 2 amide bonds. The second-order valence-corrected chi connectivity index (χ2v) is 5.13. The van der Waals surface area contributed by atoms with Gasteiger partial charge in [0.05, 0.1) is 0 Å². The van der Waals surface area contributed by atoms with Crippen LogP contribution in [0.5, 0.6) is 0 Å². The van der Waals surface area contributed by atoms with Crippen LogP contribution in [0.1, 0.15) is 21.7 Å². The van der Waals surface area contributed by atoms with Crippen molar-refractivity contribution in [1.29, 1.82) is 0 Å². The van der Waals surface area contributed by atoms with Gasteiger partial charge in [-0.1, -0.05) is 13.8 Å². The van der Waals surface area contributed by atoms with E-state index in [-0.39, 0.29) is 32.2 Å². The van der Waals surface area contributed by atoms with Crippen molar-refractivity contribution in [3.8, 4) is 0 Å². The number of carbonyl (C=O) groups is 2. The van der Waals surface area contributed by atoms with Crippen molar-refractivity contribution in [3.63, 3.8) is 0 Å². The van der Waals surface area contributed by atoms with E-state index >= 15 is 0 Å². The maximum Gasteiger partial charge on any atom is 1.00 e. The molecule has 0 aliphatic carbocycles. The smallest absolute Gasteiger partial charge is 1.00 e. The quantitative estimate of drug-likeness (QED) is 0.514. The summed E-state index contributed by atoms with van der Waals surface area (Å²) in [7, 11) is 5.34. The molecule has 0 heterocycles. The molecule has 0 spiro atoms. The molecule has 0 fully saturated rings. The molecule has 0 aliphatic heterocycles. The fourth-order valence-electron chi connectivity index (χ4n) is 1.52. The number of carbonyl (C=O) groups excluding carboxylic acids is 1. The minimum atomic E-state index is -0.964. The van der Waals surface area contributed by atoms with E-state index < -0.39 is 12.0 Å². The summed E-state index contributed by atoms with van der Waals surface area (Å²) in [6, 6.07) is -1.12. The minimum absolute atomic E-state index is 0. The number of likely N-dealkylation sites (N-methyl/N-ethyl adjacent to an activating group) is 2. The third kappa shape index (κ3) is 8.92. The topological polar surface area (TPSA) is 72.9 Å². The Morgan fingerprint density at radius 3 is 2.16 bits per heavy atom. The van der Waals surface area contributed by atoms with Crippen molar-refractivity contribution in [1.82, 2.24) is 15.1 Å². The van der Waals surface area contributed by atoms with Gasteiger partial charge in [-0.15, -0.1) is 0 Å². The van der Waals surface area contributed by atoms with Crippen molar-refractivity contribution < 1.29 is 35.0 Å². The second kappa shape index (κ2) is 10.1. The Balaban J connectivity index is -0.00000144. The molecule has 0 aromatic heterocycles. The summed E-state index contributed by atoms with van der Waals surface area (Å²) in [6.45, 7) is 5.10. The molecule has 0 radical (unpaired) electrons. The Bertz CT molecular complexity index is 291. The molecule has 7 heteroatoms. The van der Waals surface area contributed by atoms with Gasteiger partial charge in [0.1, 0.15) is 6.04 Å². The molecule has 1 unspecified atom stereocenters. The number of urea groups is 1. The molecular weight excluding hydrogens is 241 g/mol. The Morgan fingerprint density at radius 1 is 1.26 bits per heavy atom. The fraction of sp³-hybridized carbons (Fsp3) is 0.833. The number of hydrogen-bond donors (Lipinski definition) is 2. The van der Waals surface area contributed by atoms with Gasteiger partial charge in [0.2, 0.25) is 0 Å². The first-order chi connectivity index (χ1) is 8.25. The predicted molar refractivity (Wildman–Crippen MR) is 71.7 cm³/mol. The molecule has 0 bridgehead atoms. The van der Waals surface area contributed by atoms with Gasteiger partial charge in [0, 0.05) is 20.1 Å². The average Bonchev–Trinajstić information content (AvgIpc) is 2.23. The van der Waals surface area contributed by atoms with Gasteiger partial charge in [-0.25, -0.2) is 9.59 Å². The summed E-state index contributed by atoms with van der Waals surface area (Å²) in [6.07, 6.45) is 0.451. The Kier molecular flexibility index (Phi) is 11.0. The van der Waals surface area contributed by atoms with Crippen LogP contribution in [-0.2, 0) is 4.79 Å². The monoisotopic (exact) mass is 267 g/mol. The molecular formula is C12H26LiN3O3. The molecule has 6 nitrogen and oxygen atoms in total. The minimum Gasteiger partial charge on any atom is -1.00 e. The number of carboxylic acids is 1. The van der Waals surface area contributed by atoms with E-state index in [1.165, 1.54) is 11.9 Å². The van der Waals surface area contributed by atoms with Crippen LogP contribution < -0.4 is 24.2 Å². The molecule has 2 N–H and O–H groups in total. The van der Waals surface area contributed by atoms with Gasteiger partial charge in [-0.3, -0.25) is 0 Å². The summed E-state index contributed by atoms with van der Waals surface area (Å²) < 4.78 is 0. The number of rotatable bonds is 7. The van der Waals surface area contributed by atoms with Crippen LogP contribution in [0.15, 0.2) is 0 Å². The zero-order valence-electron chi connectivity index (χ0n) is 13.9. The van der Waals surface area contributed by atoms with Gasteiger partial charge in [-0.05, 0) is 26.4 Å². The predicted octanol–water partition coefficient (Wildman–Crippen LogP) is -2.19. The fourth-order valence-corrected chi connectivity index (χ4v) is 1.52. The van der Waals surface area contributed by atoms with E-state index in [2.05, 4.69) is 5.32 Å². The Hall–Kier alpha value is -0.703. The van der Waals surface area contributed by atoms with Crippen LogP contribution in [0, 0.1) is 5.92 Å². The maximum atomic E-state index is 11.8. The molecule has 0 rings (SSSR count). The van der Waals surface area contributed by atoms with Crippen LogP contribution in [0.4, 0.5) is 4.79 Å². The van der Waals surface area contributed by atoms with Crippen LogP contribution in [0.2, 0.25) is 0 Å². The second-order valence-electron chi connectivity index (χ2n) is 5.13. The summed E-state index contributed by atoms with van der Waals surface area (Å²) >= 11 is 0. The number of aliphatic carboxylic acids is 1. The molecule has 108 valence electrons. The number of hydrogen-bond acceptors (Lipinski definition) is 3. The van der Waals surface area contributed by atoms with Crippen molar-refractivity contribution >= 4 is 12.0 Å². The average molecular weight is 267 g/mol. The maximum absolute atomic E-state index is 11.8. The van der Waals surface area contributed by atoms with Crippen LogP contribution in [0.3, 0.4) is 0 Å². The summed E-state index contributed by atoms with van der Waals surface area (Å²) in [5.41, 5.74) is 0. The van der Waals surface area contributed by atoms with Crippen LogP contribution in [0.25, 0.3) is 0 Å². The molecule has 0 aromatic carbocycles. The van der Waals surface area contributed by atoms with Crippen molar-refractivity contribution in [2.75, 3.05) is 34.2 Å². The standard InChI is InChI=1S/C12H25N3O3.Li.H/c1-9(2)8-10(11(16)17)15(5)12(18)13-6-7-14(3)4;;/h9-10H,6-8H2,1-5H3,(H,13,18)(H,16,17);;/q;+1;-1. The van der Waals surface area contributed by atoms with Crippen molar-refractivity contribution in [3.05, 3.63) is 0 Å². The normalized spacial score (nSPS) is 11.9. The summed E-state index contributed by atoms with van der Waals surface area (Å²) in [5.74, 6) is -0.739. The van der Waals surface area contributed by atoms with E-state index in [1.807, 2.05) is 32.8 Å². The Labute approximate surface area is 129 Å². The van der Waals surface area contributed by atoms with Crippen LogP contribution >= 0.6 is 0 Å². The van der Waals surface area contributed by atoms with E-state index in [9.17, 15) is 9.59 Å². The number of carboxylic acid groups (broad SMARTS) is 1. The molecule has 0 aliphatic rings. The molecule has 19 heavy (non-hydrogen) atoms. The van der Waals surface area contributed by atoms with Crippen molar-refractivity contribution in [2.24, 2.45) is 5.92 Å². The molecule has 1 atom stereocenters. The first-order valence-electron chi connectivity index (χ1n) is 6.13. The Morgan fingerprint density at radius 2 is 1.79 bits per heavy atom. The first-order valence-corrected chi connectivity index (χ1v) is 6.13. The van der Waals surface area contributed by atoms with E-state index in [1.54, 1.807) is 0 Å². The molecule has 0 saturated carbocycles. The van der Waals surface area contributed by atoms with Gasteiger partial charge in [-0.2, -0.15) is 0 Å². The van der Waals surface area contributed by atoms with Crippen molar-refractivity contribution in [2.45, 2.75) is 26.3 Å². The molecule has 0 aromatic rings. The van der Waals surface area contributed by atoms with Gasteiger partial charge in [0.15, 0.2) is 0 Å². The number of amides is 2. The van der Waals surface area contributed by atoms with Gasteiger partial charge >= 0.3 is 30.9 Å². The SMILES string of the molecule is CC(C)CC(C(=O)O)N(C)C(=O)NCCN(C)C.[H-].[Li+]. The third-order valence-electron chi connectivity index (χ3n) is 2.60. The van der Waals surface area contributed by atoms with Crippen LogP contribution in [-0.4, -0.2) is 67.2 Å². The van der Waals surface area contributed by atoms with E-state index in [0.29, 0.717) is 13.0 Å². The molecule has 0 saturated heterocycles. The zero-order valence-corrected chi connectivity index (χ0v) is 12.9. The summed E-state index contributed by atoms with van der Waals surface area (Å²) in [4.78, 5) is 26.1. The zero-order chi connectivity index (χ0) is 14.3.